The van der Waals surface area contributed by atoms with Gasteiger partial charge in [0.1, 0.15) is 0 Å². The van der Waals surface area contributed by atoms with Crippen LogP contribution in [-0.2, 0) is 16.6 Å². The van der Waals surface area contributed by atoms with Gasteiger partial charge in [-0.3, -0.25) is 0 Å². The Kier molecular flexibility index (Phi) is 5.42. The highest BCUT2D eigenvalue weighted by Crippen LogP contribution is 2.28. The zero-order valence-electron chi connectivity index (χ0n) is 13.0. The van der Waals surface area contributed by atoms with Crippen molar-refractivity contribution in [2.45, 2.75) is 32.2 Å². The van der Waals surface area contributed by atoms with E-state index in [1.807, 2.05) is 57.2 Å². The van der Waals surface area contributed by atoms with Gasteiger partial charge in [0.2, 0.25) is 10.0 Å². The summed E-state index contributed by atoms with van der Waals surface area (Å²) in [6.45, 7) is 6.55. The summed E-state index contributed by atoms with van der Waals surface area (Å²) in [5.74, 6) is 0. The molecule has 5 heteroatoms. The van der Waals surface area contributed by atoms with Crippen LogP contribution in [0.15, 0.2) is 51.8 Å². The fraction of sp³-hybridized carbons (Fsp3) is 0.294. The third-order valence-electron chi connectivity index (χ3n) is 3.72. The lowest BCUT2D eigenvalue weighted by Gasteiger charge is -2.22. The largest absolute Gasteiger partial charge is 0.244 e. The molecule has 118 valence electrons. The number of benzene rings is 2. The molecular weight excluding hydrogens is 362 g/mol. The van der Waals surface area contributed by atoms with Crippen LogP contribution in [-0.4, -0.2) is 19.3 Å². The van der Waals surface area contributed by atoms with Crippen LogP contribution < -0.4 is 0 Å². The van der Waals surface area contributed by atoms with Crippen molar-refractivity contribution in [2.24, 2.45) is 0 Å². The molecule has 0 spiro atoms. The van der Waals surface area contributed by atoms with Crippen LogP contribution in [0.25, 0.3) is 0 Å². The molecule has 0 bridgehead atoms. The topological polar surface area (TPSA) is 37.4 Å². The second-order valence-corrected chi connectivity index (χ2v) is 8.04. The Balaban J connectivity index is 2.41. The fourth-order valence-electron chi connectivity index (χ4n) is 2.25. The lowest BCUT2D eigenvalue weighted by atomic mass is 10.1. The first-order valence-electron chi connectivity index (χ1n) is 7.17. The number of sulfonamides is 1. The molecule has 2 rings (SSSR count). The van der Waals surface area contributed by atoms with Crippen LogP contribution >= 0.6 is 15.9 Å². The summed E-state index contributed by atoms with van der Waals surface area (Å²) in [4.78, 5) is 0.327. The average molecular weight is 382 g/mol. The van der Waals surface area contributed by atoms with Crippen LogP contribution in [0.5, 0.6) is 0 Å². The van der Waals surface area contributed by atoms with Gasteiger partial charge in [-0.1, -0.05) is 37.3 Å². The van der Waals surface area contributed by atoms with Crippen molar-refractivity contribution >= 4 is 26.0 Å². The predicted molar refractivity (Wildman–Crippen MR) is 93.3 cm³/mol. The summed E-state index contributed by atoms with van der Waals surface area (Å²) in [5, 5.41) is 0. The van der Waals surface area contributed by atoms with Gasteiger partial charge in [-0.05, 0) is 58.6 Å². The molecule has 0 saturated heterocycles. The summed E-state index contributed by atoms with van der Waals surface area (Å²) in [7, 11) is -3.53. The van der Waals surface area contributed by atoms with Gasteiger partial charge >= 0.3 is 0 Å². The first-order chi connectivity index (χ1) is 10.4. The molecule has 3 nitrogen and oxygen atoms in total. The van der Waals surface area contributed by atoms with E-state index in [-0.39, 0.29) is 0 Å². The molecule has 0 aliphatic heterocycles. The Bertz CT molecular complexity index is 758. The standard InChI is InChI=1S/C17H20BrNO2S/c1-4-19(12-15-8-6-5-7-9-15)22(20,21)17-11-14(3)13(2)10-16(17)18/h5-11H,4,12H2,1-3H3. The molecule has 0 atom stereocenters. The van der Waals surface area contributed by atoms with Crippen LogP contribution in [0.1, 0.15) is 23.6 Å². The predicted octanol–water partition coefficient (Wildman–Crippen LogP) is 4.28. The summed E-state index contributed by atoms with van der Waals surface area (Å²) >= 11 is 3.39. The number of nitrogens with zero attached hydrogens (tertiary/aromatic N) is 1. The SMILES string of the molecule is CCN(Cc1ccccc1)S(=O)(=O)c1cc(C)c(C)cc1Br. The number of hydrogen-bond acceptors (Lipinski definition) is 2. The molecule has 22 heavy (non-hydrogen) atoms. The van der Waals surface area contributed by atoms with Crippen molar-refractivity contribution in [2.75, 3.05) is 6.54 Å². The monoisotopic (exact) mass is 381 g/mol. The maximum absolute atomic E-state index is 12.9. The molecule has 0 heterocycles. The maximum atomic E-state index is 12.9. The number of rotatable bonds is 5. The lowest BCUT2D eigenvalue weighted by molar-refractivity contribution is 0.423. The van der Waals surface area contributed by atoms with Gasteiger partial charge in [0.05, 0.1) is 4.90 Å². The normalized spacial score (nSPS) is 11.9. The van der Waals surface area contributed by atoms with Crippen molar-refractivity contribution in [1.29, 1.82) is 0 Å². The maximum Gasteiger partial charge on any atom is 0.244 e. The van der Waals surface area contributed by atoms with Crippen LogP contribution in [0.2, 0.25) is 0 Å². The second-order valence-electron chi connectivity index (χ2n) is 5.28. The molecule has 0 fully saturated rings. The van der Waals surface area contributed by atoms with Crippen LogP contribution in [0.3, 0.4) is 0 Å². The highest BCUT2D eigenvalue weighted by molar-refractivity contribution is 9.10. The van der Waals surface area contributed by atoms with E-state index in [2.05, 4.69) is 15.9 Å². The van der Waals surface area contributed by atoms with E-state index in [0.717, 1.165) is 16.7 Å². The minimum Gasteiger partial charge on any atom is -0.207 e. The smallest absolute Gasteiger partial charge is 0.207 e. The molecule has 0 aromatic heterocycles. The first-order valence-corrected chi connectivity index (χ1v) is 9.40. The molecule has 2 aromatic carbocycles. The van der Waals surface area contributed by atoms with E-state index in [4.69, 9.17) is 0 Å². The van der Waals surface area contributed by atoms with Crippen LogP contribution in [0.4, 0.5) is 0 Å². The molecule has 0 N–H and O–H groups in total. The summed E-state index contributed by atoms with van der Waals surface area (Å²) in [5.41, 5.74) is 3.02. The van der Waals surface area contributed by atoms with E-state index in [1.165, 1.54) is 4.31 Å². The van der Waals surface area contributed by atoms with Gasteiger partial charge in [0, 0.05) is 17.6 Å². The van der Waals surface area contributed by atoms with Gasteiger partial charge < -0.3 is 0 Å². The average Bonchev–Trinajstić information content (AvgIpc) is 2.49. The Hall–Kier alpha value is -1.17. The van der Waals surface area contributed by atoms with E-state index in [1.54, 1.807) is 6.07 Å². The minimum absolute atomic E-state index is 0.327. The molecule has 0 unspecified atom stereocenters. The van der Waals surface area contributed by atoms with Crippen molar-refractivity contribution in [3.63, 3.8) is 0 Å². The van der Waals surface area contributed by atoms with Gasteiger partial charge in [-0.25, -0.2) is 8.42 Å². The Morgan fingerprint density at radius 1 is 1.05 bits per heavy atom. The third-order valence-corrected chi connectivity index (χ3v) is 6.60. The quantitative estimate of drug-likeness (QED) is 0.774. The van der Waals surface area contributed by atoms with E-state index in [9.17, 15) is 8.42 Å². The van der Waals surface area contributed by atoms with Gasteiger partial charge in [0.25, 0.3) is 0 Å². The molecule has 0 aliphatic carbocycles. The Morgan fingerprint density at radius 2 is 1.64 bits per heavy atom. The van der Waals surface area contributed by atoms with Crippen molar-refractivity contribution in [3.8, 4) is 0 Å². The second kappa shape index (κ2) is 6.94. The van der Waals surface area contributed by atoms with E-state index in [0.29, 0.717) is 22.5 Å². The number of halogens is 1. The van der Waals surface area contributed by atoms with Crippen molar-refractivity contribution in [1.82, 2.24) is 4.31 Å². The van der Waals surface area contributed by atoms with Crippen LogP contribution in [0, 0.1) is 13.8 Å². The highest BCUT2D eigenvalue weighted by Gasteiger charge is 2.26. The highest BCUT2D eigenvalue weighted by atomic mass is 79.9. The van der Waals surface area contributed by atoms with Crippen molar-refractivity contribution < 1.29 is 8.42 Å². The van der Waals surface area contributed by atoms with Gasteiger partial charge in [-0.15, -0.1) is 0 Å². The Morgan fingerprint density at radius 3 is 2.23 bits per heavy atom. The zero-order chi connectivity index (χ0) is 16.3. The summed E-state index contributed by atoms with van der Waals surface area (Å²) in [6, 6.07) is 13.2. The molecule has 2 aromatic rings. The molecular formula is C17H20BrNO2S. The van der Waals surface area contributed by atoms with E-state index < -0.39 is 10.0 Å². The number of aryl methyl sites for hydroxylation is 2. The van der Waals surface area contributed by atoms with Gasteiger partial charge in [-0.2, -0.15) is 4.31 Å². The van der Waals surface area contributed by atoms with Gasteiger partial charge in [0.15, 0.2) is 0 Å². The molecule has 0 amide bonds. The zero-order valence-corrected chi connectivity index (χ0v) is 15.4. The summed E-state index contributed by atoms with van der Waals surface area (Å²) < 4.78 is 28.0. The first kappa shape index (κ1) is 17.2. The summed E-state index contributed by atoms with van der Waals surface area (Å²) in [6.07, 6.45) is 0. The fourth-order valence-corrected chi connectivity index (χ4v) is 4.88. The molecule has 0 radical (unpaired) electrons. The third kappa shape index (κ3) is 3.59. The van der Waals surface area contributed by atoms with E-state index >= 15 is 0 Å². The minimum atomic E-state index is -3.53. The van der Waals surface area contributed by atoms with Crippen molar-refractivity contribution in [3.05, 3.63) is 63.6 Å². The lowest BCUT2D eigenvalue weighted by Crippen LogP contribution is -2.30. The number of hydrogen-bond donors (Lipinski definition) is 0. The molecule has 0 aliphatic rings. The Labute approximate surface area is 141 Å². The molecule has 0 saturated carbocycles.